The van der Waals surface area contributed by atoms with Gasteiger partial charge in [-0.3, -0.25) is 9.59 Å². The van der Waals surface area contributed by atoms with Crippen LogP contribution in [0.1, 0.15) is 47.0 Å². The molecule has 0 aromatic carbocycles. The second kappa shape index (κ2) is 7.68. The van der Waals surface area contributed by atoms with Crippen LogP contribution in [0, 0.1) is 23.7 Å². The first kappa shape index (κ1) is 19.0. The fourth-order valence-corrected chi connectivity index (χ4v) is 4.00. The van der Waals surface area contributed by atoms with Gasteiger partial charge in [0.25, 0.3) is 0 Å². The van der Waals surface area contributed by atoms with E-state index in [2.05, 4.69) is 6.92 Å². The number of ether oxygens (including phenoxy) is 3. The molecule has 2 aliphatic rings. The van der Waals surface area contributed by atoms with Gasteiger partial charge in [0.05, 0.1) is 18.4 Å². The van der Waals surface area contributed by atoms with Gasteiger partial charge < -0.3 is 14.2 Å². The molecule has 0 aromatic heterocycles. The molecule has 5 atom stereocenters. The molecule has 0 spiro atoms. The van der Waals surface area contributed by atoms with Crippen LogP contribution in [0.5, 0.6) is 0 Å². The van der Waals surface area contributed by atoms with Crippen LogP contribution in [-0.2, 0) is 23.8 Å². The highest BCUT2D eigenvalue weighted by Gasteiger charge is 2.53. The van der Waals surface area contributed by atoms with Crippen LogP contribution < -0.4 is 0 Å². The SMILES string of the molecule is CCCC(C)(C)OC(=O)C1C2C=CC(C2)C1C(=O)OC(C)COC. The molecule has 0 saturated heterocycles. The van der Waals surface area contributed by atoms with E-state index in [1.807, 2.05) is 26.0 Å². The van der Waals surface area contributed by atoms with Crippen molar-refractivity contribution in [3.8, 4) is 0 Å². The van der Waals surface area contributed by atoms with E-state index in [4.69, 9.17) is 14.2 Å². The van der Waals surface area contributed by atoms with Crippen LogP contribution in [0.2, 0.25) is 0 Å². The number of esters is 2. The third-order valence-corrected chi connectivity index (χ3v) is 4.95. The number of allylic oxidation sites excluding steroid dienone is 2. The van der Waals surface area contributed by atoms with Gasteiger partial charge in [-0.2, -0.15) is 0 Å². The molecule has 2 aliphatic carbocycles. The average molecular weight is 338 g/mol. The van der Waals surface area contributed by atoms with Gasteiger partial charge in [0.15, 0.2) is 0 Å². The highest BCUT2D eigenvalue weighted by molar-refractivity contribution is 5.84. The molecule has 5 unspecified atom stereocenters. The van der Waals surface area contributed by atoms with Crippen molar-refractivity contribution in [1.82, 2.24) is 0 Å². The van der Waals surface area contributed by atoms with Gasteiger partial charge in [0.2, 0.25) is 0 Å². The Kier molecular flexibility index (Phi) is 6.07. The Morgan fingerprint density at radius 1 is 1.17 bits per heavy atom. The molecule has 24 heavy (non-hydrogen) atoms. The highest BCUT2D eigenvalue weighted by atomic mass is 16.6. The van der Waals surface area contributed by atoms with Crippen molar-refractivity contribution in [3.05, 3.63) is 12.2 Å². The lowest BCUT2D eigenvalue weighted by molar-refractivity contribution is -0.172. The fourth-order valence-electron chi connectivity index (χ4n) is 4.00. The Morgan fingerprint density at radius 3 is 2.29 bits per heavy atom. The lowest BCUT2D eigenvalue weighted by Crippen LogP contribution is -2.40. The second-order valence-electron chi connectivity index (χ2n) is 7.63. The highest BCUT2D eigenvalue weighted by Crippen LogP contribution is 2.49. The molecule has 1 fully saturated rings. The van der Waals surface area contributed by atoms with Gasteiger partial charge in [-0.1, -0.05) is 25.5 Å². The minimum atomic E-state index is -0.505. The summed E-state index contributed by atoms with van der Waals surface area (Å²) in [6.07, 6.45) is 6.34. The number of hydrogen-bond donors (Lipinski definition) is 0. The van der Waals surface area contributed by atoms with E-state index >= 15 is 0 Å². The summed E-state index contributed by atoms with van der Waals surface area (Å²) in [5.41, 5.74) is -0.505. The lowest BCUT2D eigenvalue weighted by Gasteiger charge is -2.31. The molecule has 2 bridgehead atoms. The van der Waals surface area contributed by atoms with Gasteiger partial charge in [-0.15, -0.1) is 0 Å². The molecule has 5 heteroatoms. The van der Waals surface area contributed by atoms with Gasteiger partial charge >= 0.3 is 11.9 Å². The first-order valence-electron chi connectivity index (χ1n) is 8.89. The molecule has 2 rings (SSSR count). The number of hydrogen-bond acceptors (Lipinski definition) is 5. The van der Waals surface area contributed by atoms with Crippen molar-refractivity contribution in [2.45, 2.75) is 58.7 Å². The summed E-state index contributed by atoms with van der Waals surface area (Å²) >= 11 is 0. The summed E-state index contributed by atoms with van der Waals surface area (Å²) in [6.45, 7) is 8.05. The zero-order valence-corrected chi connectivity index (χ0v) is 15.4. The van der Waals surface area contributed by atoms with Crippen molar-refractivity contribution in [2.75, 3.05) is 13.7 Å². The maximum Gasteiger partial charge on any atom is 0.310 e. The Labute approximate surface area is 144 Å². The normalized spacial score (nSPS) is 29.5. The molecule has 0 amide bonds. The molecular formula is C19H30O5. The molecule has 5 nitrogen and oxygen atoms in total. The maximum absolute atomic E-state index is 12.8. The zero-order chi connectivity index (χ0) is 17.9. The fraction of sp³-hybridized carbons (Fsp3) is 0.789. The topological polar surface area (TPSA) is 61.8 Å². The number of rotatable bonds is 8. The standard InChI is InChI=1S/C19H30O5/c1-6-9-19(3,4)24-18(21)16-14-8-7-13(10-14)15(16)17(20)23-12(2)11-22-5/h7-8,12-16H,6,9-11H2,1-5H3. The molecule has 0 heterocycles. The third kappa shape index (κ3) is 4.18. The second-order valence-corrected chi connectivity index (χ2v) is 7.63. The minimum absolute atomic E-state index is 0.0732. The smallest absolute Gasteiger partial charge is 0.310 e. The van der Waals surface area contributed by atoms with E-state index in [1.165, 1.54) is 0 Å². The summed E-state index contributed by atoms with van der Waals surface area (Å²) in [4.78, 5) is 25.4. The lowest BCUT2D eigenvalue weighted by atomic mass is 9.83. The number of fused-ring (bicyclic) bond motifs is 2. The van der Waals surface area contributed by atoms with Crippen LogP contribution in [0.25, 0.3) is 0 Å². The quantitative estimate of drug-likeness (QED) is 0.503. The van der Waals surface area contributed by atoms with Gasteiger partial charge in [0.1, 0.15) is 11.7 Å². The summed E-state index contributed by atoms with van der Waals surface area (Å²) in [7, 11) is 1.57. The van der Waals surface area contributed by atoms with Crippen LogP contribution in [0.15, 0.2) is 12.2 Å². The van der Waals surface area contributed by atoms with Crippen molar-refractivity contribution in [3.63, 3.8) is 0 Å². The largest absolute Gasteiger partial charge is 0.460 e. The minimum Gasteiger partial charge on any atom is -0.460 e. The Bertz CT molecular complexity index is 496. The predicted octanol–water partition coefficient (Wildman–Crippen LogP) is 3.12. The molecule has 1 saturated carbocycles. The Hall–Kier alpha value is -1.36. The summed E-state index contributed by atoms with van der Waals surface area (Å²) < 4.78 is 16.2. The molecule has 0 N–H and O–H groups in total. The van der Waals surface area contributed by atoms with Crippen LogP contribution in [0.3, 0.4) is 0 Å². The van der Waals surface area contributed by atoms with Gasteiger partial charge in [-0.25, -0.2) is 0 Å². The monoisotopic (exact) mass is 338 g/mol. The van der Waals surface area contributed by atoms with E-state index in [9.17, 15) is 9.59 Å². The Balaban J connectivity index is 2.08. The van der Waals surface area contributed by atoms with Crippen LogP contribution in [-0.4, -0.2) is 37.4 Å². The first-order chi connectivity index (χ1) is 11.3. The Morgan fingerprint density at radius 2 is 1.75 bits per heavy atom. The summed E-state index contributed by atoms with van der Waals surface area (Å²) in [5.74, 6) is -1.31. The molecular weight excluding hydrogens is 308 g/mol. The van der Waals surface area contributed by atoms with Crippen molar-refractivity contribution in [2.24, 2.45) is 23.7 Å². The summed E-state index contributed by atoms with van der Waals surface area (Å²) in [5, 5.41) is 0. The zero-order valence-electron chi connectivity index (χ0n) is 15.4. The molecule has 136 valence electrons. The average Bonchev–Trinajstić information content (AvgIpc) is 3.07. The predicted molar refractivity (Wildman–Crippen MR) is 90.2 cm³/mol. The molecule has 0 aromatic rings. The van der Waals surface area contributed by atoms with E-state index in [1.54, 1.807) is 14.0 Å². The third-order valence-electron chi connectivity index (χ3n) is 4.95. The van der Waals surface area contributed by atoms with E-state index in [-0.39, 0.29) is 29.9 Å². The number of methoxy groups -OCH3 is 1. The van der Waals surface area contributed by atoms with Crippen molar-refractivity contribution in [1.29, 1.82) is 0 Å². The summed E-state index contributed by atoms with van der Waals surface area (Å²) in [6, 6.07) is 0. The van der Waals surface area contributed by atoms with Gasteiger partial charge in [-0.05, 0) is 45.4 Å². The van der Waals surface area contributed by atoms with E-state index in [0.717, 1.165) is 19.3 Å². The van der Waals surface area contributed by atoms with E-state index in [0.29, 0.717) is 6.61 Å². The number of carbonyl (C=O) groups is 2. The molecule has 0 radical (unpaired) electrons. The molecule has 0 aliphatic heterocycles. The van der Waals surface area contributed by atoms with Crippen LogP contribution >= 0.6 is 0 Å². The van der Waals surface area contributed by atoms with Crippen molar-refractivity contribution >= 4 is 11.9 Å². The van der Waals surface area contributed by atoms with Crippen molar-refractivity contribution < 1.29 is 23.8 Å². The maximum atomic E-state index is 12.8. The number of carbonyl (C=O) groups excluding carboxylic acids is 2. The van der Waals surface area contributed by atoms with Gasteiger partial charge in [0, 0.05) is 7.11 Å². The van der Waals surface area contributed by atoms with E-state index < -0.39 is 17.4 Å². The first-order valence-corrected chi connectivity index (χ1v) is 8.89. The van der Waals surface area contributed by atoms with Crippen LogP contribution in [0.4, 0.5) is 0 Å².